The van der Waals surface area contributed by atoms with E-state index < -0.39 is 17.4 Å². The lowest BCUT2D eigenvalue weighted by atomic mass is 10.1. The summed E-state index contributed by atoms with van der Waals surface area (Å²) in [6, 6.07) is 10.2. The van der Waals surface area contributed by atoms with Gasteiger partial charge in [0.25, 0.3) is 0 Å². The number of carbonyl (C=O) groups is 1. The predicted molar refractivity (Wildman–Crippen MR) is 97.6 cm³/mol. The molecule has 0 aliphatic carbocycles. The van der Waals surface area contributed by atoms with Gasteiger partial charge < -0.3 is 10.1 Å². The van der Waals surface area contributed by atoms with Crippen LogP contribution in [-0.4, -0.2) is 28.8 Å². The number of hydrogen-bond acceptors (Lipinski definition) is 7. The molecule has 0 radical (unpaired) electrons. The van der Waals surface area contributed by atoms with Gasteiger partial charge in [0.15, 0.2) is 10.1 Å². The van der Waals surface area contributed by atoms with E-state index in [0.717, 1.165) is 35.6 Å². The second-order valence-corrected chi connectivity index (χ2v) is 7.23. The van der Waals surface area contributed by atoms with Crippen molar-refractivity contribution < 1.29 is 18.3 Å². The first-order valence-corrected chi connectivity index (χ1v) is 9.21. The normalized spacial score (nSPS) is 10.6. The molecule has 1 N–H and O–H groups in total. The third kappa shape index (κ3) is 4.36. The zero-order valence-electron chi connectivity index (χ0n) is 13.5. The van der Waals surface area contributed by atoms with Crippen LogP contribution >= 0.6 is 23.1 Å². The molecular weight excluding hydrogens is 380 g/mol. The number of rotatable bonds is 7. The van der Waals surface area contributed by atoms with Gasteiger partial charge in [0.05, 0.1) is 24.1 Å². The molecule has 1 aromatic heterocycles. The maximum absolute atomic E-state index is 13.6. The Hall–Kier alpha value is -2.52. The summed E-state index contributed by atoms with van der Waals surface area (Å²) in [5.74, 6) is -1.31. The van der Waals surface area contributed by atoms with Crippen molar-refractivity contribution in [3.8, 4) is 5.75 Å². The maximum Gasteiger partial charge on any atom is 0.210 e. The van der Waals surface area contributed by atoms with Gasteiger partial charge in [-0.3, -0.25) is 4.79 Å². The van der Waals surface area contributed by atoms with Crippen molar-refractivity contribution in [2.24, 2.45) is 0 Å². The molecule has 3 aromatic rings. The molecule has 0 aliphatic rings. The van der Waals surface area contributed by atoms with Gasteiger partial charge in [-0.05, 0) is 30.3 Å². The monoisotopic (exact) mass is 393 g/mol. The molecule has 0 fully saturated rings. The molecule has 0 aliphatic heterocycles. The van der Waals surface area contributed by atoms with E-state index in [1.807, 2.05) is 24.3 Å². The number of nitrogens with zero attached hydrogens (tertiary/aromatic N) is 2. The van der Waals surface area contributed by atoms with Gasteiger partial charge in [0.1, 0.15) is 17.4 Å². The number of ketones is 1. The Labute approximate surface area is 156 Å². The highest BCUT2D eigenvalue weighted by atomic mass is 32.2. The van der Waals surface area contributed by atoms with E-state index in [4.69, 9.17) is 4.74 Å². The number of carbonyl (C=O) groups excluding carboxylic acids is 1. The van der Waals surface area contributed by atoms with Crippen LogP contribution in [0, 0.1) is 11.6 Å². The summed E-state index contributed by atoms with van der Waals surface area (Å²) in [7, 11) is 1.57. The quantitative estimate of drug-likeness (QED) is 0.470. The van der Waals surface area contributed by atoms with Gasteiger partial charge in [-0.2, -0.15) is 0 Å². The van der Waals surface area contributed by atoms with Gasteiger partial charge in [0.2, 0.25) is 5.13 Å². The van der Waals surface area contributed by atoms with Crippen LogP contribution in [0.1, 0.15) is 10.4 Å². The number of hydrogen-bond donors (Lipinski definition) is 1. The Kier molecular flexibility index (Phi) is 5.79. The third-order valence-corrected chi connectivity index (χ3v) is 5.28. The molecule has 0 atom stereocenters. The molecule has 26 heavy (non-hydrogen) atoms. The van der Waals surface area contributed by atoms with Crippen LogP contribution in [0.5, 0.6) is 5.75 Å². The molecule has 3 rings (SSSR count). The summed E-state index contributed by atoms with van der Waals surface area (Å²) in [5.41, 5.74) is 0.468. The Morgan fingerprint density at radius 1 is 1.23 bits per heavy atom. The van der Waals surface area contributed by atoms with Gasteiger partial charge in [-0.15, -0.1) is 10.2 Å². The molecule has 5 nitrogen and oxygen atoms in total. The van der Waals surface area contributed by atoms with Crippen molar-refractivity contribution in [3.63, 3.8) is 0 Å². The van der Waals surface area contributed by atoms with E-state index >= 15 is 0 Å². The second kappa shape index (κ2) is 8.24. The summed E-state index contributed by atoms with van der Waals surface area (Å²) >= 11 is 2.36. The van der Waals surface area contributed by atoms with Gasteiger partial charge >= 0.3 is 0 Å². The lowest BCUT2D eigenvalue weighted by molar-refractivity contribution is 0.101. The smallest absolute Gasteiger partial charge is 0.210 e. The third-order valence-electron chi connectivity index (χ3n) is 3.31. The number of para-hydroxylation sites is 2. The summed E-state index contributed by atoms with van der Waals surface area (Å²) in [6.45, 7) is 0. The first kappa shape index (κ1) is 18.3. The van der Waals surface area contributed by atoms with Crippen molar-refractivity contribution >= 4 is 39.7 Å². The number of anilines is 2. The van der Waals surface area contributed by atoms with Crippen LogP contribution in [0.4, 0.5) is 19.6 Å². The van der Waals surface area contributed by atoms with E-state index in [9.17, 15) is 13.6 Å². The minimum Gasteiger partial charge on any atom is -0.495 e. The molecule has 0 saturated heterocycles. The lowest BCUT2D eigenvalue weighted by Crippen LogP contribution is -2.05. The number of aromatic nitrogens is 2. The average Bonchev–Trinajstić information content (AvgIpc) is 3.09. The van der Waals surface area contributed by atoms with E-state index in [0.29, 0.717) is 15.2 Å². The van der Waals surface area contributed by atoms with Crippen molar-refractivity contribution in [3.05, 3.63) is 59.7 Å². The zero-order valence-corrected chi connectivity index (χ0v) is 15.2. The fourth-order valence-corrected chi connectivity index (χ4v) is 3.75. The molecular formula is C17H13F2N3O2S2. The van der Waals surface area contributed by atoms with Crippen LogP contribution in [0.2, 0.25) is 0 Å². The Morgan fingerprint density at radius 3 is 2.85 bits per heavy atom. The summed E-state index contributed by atoms with van der Waals surface area (Å²) < 4.78 is 32.6. The minimum absolute atomic E-state index is 0.0658. The van der Waals surface area contributed by atoms with Crippen LogP contribution in [-0.2, 0) is 0 Å². The highest BCUT2D eigenvalue weighted by molar-refractivity contribution is 8.01. The number of Topliss-reactive ketones (excluding diaryl/α,β-unsaturated/α-hetero) is 1. The molecule has 0 saturated carbocycles. The standard InChI is InChI=1S/C17H13F2N3O2S2/c1-24-15-5-3-2-4-13(15)20-16-21-22-17(26-16)25-9-14(23)11-8-10(18)6-7-12(11)19/h2-8H,9H2,1H3,(H,20,21). The molecule has 134 valence electrons. The first-order chi connectivity index (χ1) is 12.6. The van der Waals surface area contributed by atoms with Crippen LogP contribution in [0.3, 0.4) is 0 Å². The largest absolute Gasteiger partial charge is 0.495 e. The number of methoxy groups -OCH3 is 1. The molecule has 0 amide bonds. The van der Waals surface area contributed by atoms with Crippen molar-refractivity contribution in [1.29, 1.82) is 0 Å². The van der Waals surface area contributed by atoms with Gasteiger partial charge in [-0.1, -0.05) is 35.2 Å². The summed E-state index contributed by atoms with van der Waals surface area (Å²) in [6.07, 6.45) is 0. The number of benzene rings is 2. The van der Waals surface area contributed by atoms with Crippen LogP contribution in [0.15, 0.2) is 46.8 Å². The number of nitrogens with one attached hydrogen (secondary N) is 1. The predicted octanol–water partition coefficient (Wildman–Crippen LogP) is 4.54. The average molecular weight is 393 g/mol. The lowest BCUT2D eigenvalue weighted by Gasteiger charge is -2.07. The topological polar surface area (TPSA) is 64.1 Å². The highest BCUT2D eigenvalue weighted by Gasteiger charge is 2.15. The molecule has 2 aromatic carbocycles. The van der Waals surface area contributed by atoms with Gasteiger partial charge in [0, 0.05) is 0 Å². The van der Waals surface area contributed by atoms with Crippen molar-refractivity contribution in [1.82, 2.24) is 10.2 Å². The van der Waals surface area contributed by atoms with Crippen molar-refractivity contribution in [2.75, 3.05) is 18.2 Å². The zero-order chi connectivity index (χ0) is 18.5. The Balaban J connectivity index is 1.63. The molecule has 0 bridgehead atoms. The summed E-state index contributed by atoms with van der Waals surface area (Å²) in [4.78, 5) is 12.1. The SMILES string of the molecule is COc1ccccc1Nc1nnc(SCC(=O)c2cc(F)ccc2F)s1. The first-order valence-electron chi connectivity index (χ1n) is 7.41. The Bertz CT molecular complexity index is 934. The van der Waals surface area contributed by atoms with E-state index in [1.54, 1.807) is 7.11 Å². The van der Waals surface area contributed by atoms with Gasteiger partial charge in [-0.25, -0.2) is 8.78 Å². The second-order valence-electron chi connectivity index (χ2n) is 5.03. The van der Waals surface area contributed by atoms with Crippen LogP contribution < -0.4 is 10.1 Å². The molecule has 0 spiro atoms. The fourth-order valence-electron chi connectivity index (χ4n) is 2.10. The number of thioether (sulfide) groups is 1. The van der Waals surface area contributed by atoms with Crippen molar-refractivity contribution in [2.45, 2.75) is 4.34 Å². The van der Waals surface area contributed by atoms with E-state index in [1.165, 1.54) is 11.3 Å². The maximum atomic E-state index is 13.6. The van der Waals surface area contributed by atoms with E-state index in [-0.39, 0.29) is 11.3 Å². The summed E-state index contributed by atoms with van der Waals surface area (Å²) in [5, 5.41) is 11.6. The molecule has 0 unspecified atom stereocenters. The Morgan fingerprint density at radius 2 is 2.04 bits per heavy atom. The molecule has 9 heteroatoms. The minimum atomic E-state index is -0.743. The number of halogens is 2. The van der Waals surface area contributed by atoms with E-state index in [2.05, 4.69) is 15.5 Å². The molecule has 1 heterocycles. The highest BCUT2D eigenvalue weighted by Crippen LogP contribution is 2.31. The number of ether oxygens (including phenoxy) is 1. The van der Waals surface area contributed by atoms with Crippen LogP contribution in [0.25, 0.3) is 0 Å². The fraction of sp³-hybridized carbons (Fsp3) is 0.118.